The molecule has 0 unspecified atom stereocenters. The van der Waals surface area contributed by atoms with Crippen LogP contribution in [-0.4, -0.2) is 52.6 Å². The first kappa shape index (κ1) is 17.8. The van der Waals surface area contributed by atoms with Gasteiger partial charge in [-0.3, -0.25) is 9.59 Å². The zero-order valence-corrected chi connectivity index (χ0v) is 16.5. The largest absolute Gasteiger partial charge is 0.417 e. The van der Waals surface area contributed by atoms with E-state index in [4.69, 9.17) is 9.15 Å². The third-order valence-electron chi connectivity index (χ3n) is 5.71. The van der Waals surface area contributed by atoms with Crippen LogP contribution in [0.2, 0.25) is 0 Å². The molecule has 2 aliphatic heterocycles. The molecule has 2 aromatic heterocycles. The van der Waals surface area contributed by atoms with Gasteiger partial charge in [-0.25, -0.2) is 0 Å². The molecule has 28 heavy (non-hydrogen) atoms. The standard InChI is InChI=1S/C19H22N4O4S/c1-11-21-22-17(27-11)18(25)23-7-5-19(6-8-23)13-10-15(16(24)20-12-2-3-12)28-14(13)4-9-26-19/h10,12H,2-9H2,1H3,(H,20,24). The molecule has 2 aromatic rings. The monoisotopic (exact) mass is 402 g/mol. The summed E-state index contributed by atoms with van der Waals surface area (Å²) in [7, 11) is 0. The van der Waals surface area contributed by atoms with Crippen LogP contribution in [0.25, 0.3) is 0 Å². The summed E-state index contributed by atoms with van der Waals surface area (Å²) in [6, 6.07) is 2.36. The first-order valence-electron chi connectivity index (χ1n) is 9.71. The number of likely N-dealkylation sites (tertiary alicyclic amines) is 1. The molecule has 5 rings (SSSR count). The van der Waals surface area contributed by atoms with Gasteiger partial charge in [0.2, 0.25) is 5.89 Å². The highest BCUT2D eigenvalue weighted by molar-refractivity contribution is 7.14. The SMILES string of the molecule is Cc1nnc(C(=O)N2CCC3(CC2)OCCc2sc(C(=O)NC4CC4)cc23)o1. The predicted octanol–water partition coefficient (Wildman–Crippen LogP) is 2.04. The summed E-state index contributed by atoms with van der Waals surface area (Å²) in [5, 5.41) is 10.6. The van der Waals surface area contributed by atoms with Crippen LogP contribution in [0.15, 0.2) is 10.5 Å². The maximum atomic E-state index is 12.6. The third-order valence-corrected chi connectivity index (χ3v) is 6.90. The van der Waals surface area contributed by atoms with Crippen LogP contribution in [-0.2, 0) is 16.8 Å². The number of nitrogens with one attached hydrogen (secondary N) is 1. The minimum Gasteiger partial charge on any atom is -0.417 e. The summed E-state index contributed by atoms with van der Waals surface area (Å²) in [4.78, 5) is 28.8. The number of hydrogen-bond acceptors (Lipinski definition) is 7. The molecule has 0 radical (unpaired) electrons. The fourth-order valence-electron chi connectivity index (χ4n) is 4.02. The third kappa shape index (κ3) is 3.12. The summed E-state index contributed by atoms with van der Waals surface area (Å²) >= 11 is 1.58. The molecule has 148 valence electrons. The molecular weight excluding hydrogens is 380 g/mol. The molecule has 1 saturated carbocycles. The second kappa shape index (κ2) is 6.66. The Hall–Kier alpha value is -2.26. The van der Waals surface area contributed by atoms with Gasteiger partial charge in [0.25, 0.3) is 5.91 Å². The number of fused-ring (bicyclic) bond motifs is 2. The average molecular weight is 402 g/mol. The van der Waals surface area contributed by atoms with Crippen molar-refractivity contribution >= 4 is 23.2 Å². The summed E-state index contributed by atoms with van der Waals surface area (Å²) in [5.74, 6) is 0.207. The highest BCUT2D eigenvalue weighted by Crippen LogP contribution is 2.44. The lowest BCUT2D eigenvalue weighted by atomic mass is 9.82. The minimum atomic E-state index is -0.413. The van der Waals surface area contributed by atoms with E-state index in [2.05, 4.69) is 15.5 Å². The van der Waals surface area contributed by atoms with Gasteiger partial charge in [0.05, 0.1) is 17.1 Å². The summed E-state index contributed by atoms with van der Waals surface area (Å²) in [6.45, 7) is 3.42. The van der Waals surface area contributed by atoms with Crippen LogP contribution < -0.4 is 5.32 Å². The molecular formula is C19H22N4O4S. The molecule has 8 nitrogen and oxygen atoms in total. The number of hydrogen-bond donors (Lipinski definition) is 1. The van der Waals surface area contributed by atoms with Crippen molar-refractivity contribution in [1.29, 1.82) is 0 Å². The highest BCUT2D eigenvalue weighted by atomic mass is 32.1. The summed E-state index contributed by atoms with van der Waals surface area (Å²) in [6.07, 6.45) is 4.38. The van der Waals surface area contributed by atoms with E-state index in [1.54, 1.807) is 23.2 Å². The molecule has 2 amide bonds. The van der Waals surface area contributed by atoms with Gasteiger partial charge in [-0.05, 0) is 37.3 Å². The smallest absolute Gasteiger partial charge is 0.311 e. The van der Waals surface area contributed by atoms with Crippen LogP contribution in [0.4, 0.5) is 0 Å². The van der Waals surface area contributed by atoms with Crippen molar-refractivity contribution in [3.05, 3.63) is 33.2 Å². The molecule has 2 fully saturated rings. The lowest BCUT2D eigenvalue weighted by molar-refractivity contribution is -0.0929. The van der Waals surface area contributed by atoms with Crippen molar-refractivity contribution in [2.45, 2.75) is 50.7 Å². The van der Waals surface area contributed by atoms with Crippen molar-refractivity contribution in [3.8, 4) is 0 Å². The molecule has 1 aliphatic carbocycles. The molecule has 1 saturated heterocycles. The molecule has 0 bridgehead atoms. The first-order valence-corrected chi connectivity index (χ1v) is 10.5. The molecule has 3 aliphatic rings. The number of carbonyl (C=O) groups is 2. The Morgan fingerprint density at radius 1 is 1.29 bits per heavy atom. The molecule has 9 heteroatoms. The zero-order valence-electron chi connectivity index (χ0n) is 15.7. The lowest BCUT2D eigenvalue weighted by Gasteiger charge is -2.43. The van der Waals surface area contributed by atoms with Gasteiger partial charge in [-0.2, -0.15) is 0 Å². The topological polar surface area (TPSA) is 97.6 Å². The average Bonchev–Trinajstić information content (AvgIpc) is 3.21. The van der Waals surface area contributed by atoms with Crippen LogP contribution in [0.5, 0.6) is 0 Å². The Kier molecular flexibility index (Phi) is 4.24. The van der Waals surface area contributed by atoms with E-state index in [1.165, 1.54) is 4.88 Å². The number of carbonyl (C=O) groups excluding carboxylic acids is 2. The van der Waals surface area contributed by atoms with Gasteiger partial charge in [-0.15, -0.1) is 21.5 Å². The van der Waals surface area contributed by atoms with E-state index in [9.17, 15) is 9.59 Å². The van der Waals surface area contributed by atoms with Gasteiger partial charge >= 0.3 is 11.8 Å². The maximum Gasteiger partial charge on any atom is 0.311 e. The molecule has 1 N–H and O–H groups in total. The van der Waals surface area contributed by atoms with Crippen LogP contribution in [0, 0.1) is 6.92 Å². The van der Waals surface area contributed by atoms with Gasteiger partial charge in [0.15, 0.2) is 0 Å². The van der Waals surface area contributed by atoms with Gasteiger partial charge in [-0.1, -0.05) is 0 Å². The van der Waals surface area contributed by atoms with Crippen LogP contribution in [0.3, 0.4) is 0 Å². The molecule has 1 spiro atoms. The van der Waals surface area contributed by atoms with Crippen LogP contribution in [0.1, 0.15) is 62.4 Å². The highest BCUT2D eigenvalue weighted by Gasteiger charge is 2.43. The zero-order chi connectivity index (χ0) is 19.3. The number of rotatable bonds is 3. The second-order valence-electron chi connectivity index (χ2n) is 7.71. The summed E-state index contributed by atoms with van der Waals surface area (Å²) in [5.41, 5.74) is 0.717. The van der Waals surface area contributed by atoms with E-state index in [-0.39, 0.29) is 17.7 Å². The van der Waals surface area contributed by atoms with Gasteiger partial charge < -0.3 is 19.4 Å². The quantitative estimate of drug-likeness (QED) is 0.844. The number of amides is 2. The van der Waals surface area contributed by atoms with E-state index in [0.29, 0.717) is 44.5 Å². The number of thiophene rings is 1. The number of ether oxygens (including phenoxy) is 1. The number of nitrogens with zero attached hydrogens (tertiary/aromatic N) is 3. The van der Waals surface area contributed by atoms with E-state index >= 15 is 0 Å². The number of aryl methyl sites for hydroxylation is 1. The fourth-order valence-corrected chi connectivity index (χ4v) is 5.15. The van der Waals surface area contributed by atoms with Crippen molar-refractivity contribution in [3.63, 3.8) is 0 Å². The Morgan fingerprint density at radius 2 is 2.07 bits per heavy atom. The predicted molar refractivity (Wildman–Crippen MR) is 100 cm³/mol. The Morgan fingerprint density at radius 3 is 2.75 bits per heavy atom. The Bertz CT molecular complexity index is 924. The first-order chi connectivity index (χ1) is 13.5. The lowest BCUT2D eigenvalue weighted by Crippen LogP contribution is -2.48. The number of piperidine rings is 1. The normalized spacial score (nSPS) is 20.8. The Labute approximate surface area is 166 Å². The van der Waals surface area contributed by atoms with E-state index in [0.717, 1.165) is 29.7 Å². The van der Waals surface area contributed by atoms with Crippen molar-refractivity contribution in [2.24, 2.45) is 0 Å². The van der Waals surface area contributed by atoms with E-state index in [1.807, 2.05) is 6.07 Å². The van der Waals surface area contributed by atoms with Gasteiger partial charge in [0, 0.05) is 37.4 Å². The Balaban J connectivity index is 1.33. The number of aromatic nitrogens is 2. The van der Waals surface area contributed by atoms with Crippen molar-refractivity contribution < 1.29 is 18.7 Å². The van der Waals surface area contributed by atoms with Crippen molar-refractivity contribution in [1.82, 2.24) is 20.4 Å². The molecule has 0 aromatic carbocycles. The van der Waals surface area contributed by atoms with Gasteiger partial charge in [0.1, 0.15) is 0 Å². The molecule has 4 heterocycles. The van der Waals surface area contributed by atoms with Crippen LogP contribution >= 0.6 is 11.3 Å². The van der Waals surface area contributed by atoms with E-state index < -0.39 is 5.60 Å². The second-order valence-corrected chi connectivity index (χ2v) is 8.84. The fraction of sp³-hybridized carbons (Fsp3) is 0.579. The summed E-state index contributed by atoms with van der Waals surface area (Å²) < 4.78 is 11.5. The van der Waals surface area contributed by atoms with Crippen molar-refractivity contribution in [2.75, 3.05) is 19.7 Å². The minimum absolute atomic E-state index is 0.0245. The maximum absolute atomic E-state index is 12.6. The molecule has 0 atom stereocenters.